The molecule has 21 heavy (non-hydrogen) atoms. The maximum atomic E-state index is 11.9. The fraction of sp³-hybridized carbons (Fsp3) is 0.400. The van der Waals surface area contributed by atoms with Crippen molar-refractivity contribution in [2.75, 3.05) is 6.54 Å². The summed E-state index contributed by atoms with van der Waals surface area (Å²) in [5, 5.41) is 11.3. The molecule has 0 atom stereocenters. The van der Waals surface area contributed by atoms with Gasteiger partial charge in [-0.1, -0.05) is 6.07 Å². The molecule has 0 aliphatic rings. The highest BCUT2D eigenvalue weighted by Gasteiger charge is 2.13. The molecule has 0 aromatic carbocycles. The molecule has 2 N–H and O–H groups in total. The van der Waals surface area contributed by atoms with E-state index in [1.54, 1.807) is 0 Å². The monoisotopic (exact) mass is 289 g/mol. The molecule has 0 spiro atoms. The Morgan fingerprint density at radius 3 is 2.86 bits per heavy atom. The predicted octanol–water partition coefficient (Wildman–Crippen LogP) is 1.47. The van der Waals surface area contributed by atoms with Gasteiger partial charge in [0.2, 0.25) is 5.91 Å². The Balaban J connectivity index is 2.03. The quantitative estimate of drug-likeness (QED) is 0.789. The highest BCUT2D eigenvalue weighted by molar-refractivity contribution is 5.78. The van der Waals surface area contributed by atoms with E-state index in [0.717, 1.165) is 22.6 Å². The molecule has 2 heterocycles. The third-order valence-corrected chi connectivity index (χ3v) is 3.36. The number of carbonyl (C=O) groups excluding carboxylic acids is 1. The summed E-state index contributed by atoms with van der Waals surface area (Å²) in [6.07, 6.45) is 2.64. The second-order valence-electron chi connectivity index (χ2n) is 5.05. The van der Waals surface area contributed by atoms with Crippen LogP contribution in [0.25, 0.3) is 5.65 Å². The lowest BCUT2D eigenvalue weighted by atomic mass is 10.2. The van der Waals surface area contributed by atoms with Crippen molar-refractivity contribution in [2.45, 2.75) is 33.1 Å². The van der Waals surface area contributed by atoms with Crippen LogP contribution >= 0.6 is 0 Å². The first-order chi connectivity index (χ1) is 9.99. The van der Waals surface area contributed by atoms with Crippen LogP contribution in [0.2, 0.25) is 0 Å². The predicted molar refractivity (Wildman–Crippen MR) is 78.2 cm³/mol. The van der Waals surface area contributed by atoms with Crippen molar-refractivity contribution in [3.8, 4) is 0 Å². The number of imidazole rings is 1. The van der Waals surface area contributed by atoms with Gasteiger partial charge in [-0.05, 0) is 31.9 Å². The molecule has 0 aliphatic carbocycles. The fourth-order valence-electron chi connectivity index (χ4n) is 2.26. The van der Waals surface area contributed by atoms with Crippen molar-refractivity contribution in [2.24, 2.45) is 0 Å². The number of carboxylic acid groups (broad SMARTS) is 1. The van der Waals surface area contributed by atoms with E-state index in [9.17, 15) is 9.59 Å². The summed E-state index contributed by atoms with van der Waals surface area (Å²) in [6, 6.07) is 3.91. The van der Waals surface area contributed by atoms with Gasteiger partial charge in [0.25, 0.3) is 0 Å². The van der Waals surface area contributed by atoms with Crippen LogP contribution in [0.3, 0.4) is 0 Å². The van der Waals surface area contributed by atoms with Gasteiger partial charge >= 0.3 is 5.97 Å². The molecule has 6 heteroatoms. The third-order valence-electron chi connectivity index (χ3n) is 3.36. The van der Waals surface area contributed by atoms with E-state index < -0.39 is 5.97 Å². The minimum atomic E-state index is -0.850. The second-order valence-corrected chi connectivity index (χ2v) is 5.05. The van der Waals surface area contributed by atoms with Crippen LogP contribution < -0.4 is 5.32 Å². The van der Waals surface area contributed by atoms with Gasteiger partial charge in [-0.2, -0.15) is 0 Å². The number of aliphatic carboxylic acids is 1. The Morgan fingerprint density at radius 2 is 2.14 bits per heavy atom. The molecule has 112 valence electrons. The van der Waals surface area contributed by atoms with E-state index in [0.29, 0.717) is 13.0 Å². The van der Waals surface area contributed by atoms with E-state index in [4.69, 9.17) is 5.11 Å². The molecule has 1 amide bonds. The Hall–Kier alpha value is -2.37. The average Bonchev–Trinajstić information content (AvgIpc) is 2.73. The summed E-state index contributed by atoms with van der Waals surface area (Å²) < 4.78 is 1.93. The van der Waals surface area contributed by atoms with Crippen molar-refractivity contribution >= 4 is 17.5 Å². The summed E-state index contributed by atoms with van der Waals surface area (Å²) in [5.41, 5.74) is 3.63. The molecule has 2 aromatic rings. The smallest absolute Gasteiger partial charge is 0.303 e. The third kappa shape index (κ3) is 3.59. The molecule has 0 aliphatic heterocycles. The number of fused-ring (bicyclic) bond motifs is 1. The molecule has 6 nitrogen and oxygen atoms in total. The Kier molecular flexibility index (Phi) is 4.57. The van der Waals surface area contributed by atoms with Gasteiger partial charge in [-0.15, -0.1) is 0 Å². The summed E-state index contributed by atoms with van der Waals surface area (Å²) in [5.74, 6) is -0.968. The first-order valence-electron chi connectivity index (χ1n) is 6.90. The van der Waals surface area contributed by atoms with Crippen molar-refractivity contribution < 1.29 is 14.7 Å². The van der Waals surface area contributed by atoms with E-state index in [1.165, 1.54) is 0 Å². The van der Waals surface area contributed by atoms with Gasteiger partial charge in [-0.3, -0.25) is 9.59 Å². The highest BCUT2D eigenvalue weighted by atomic mass is 16.4. The molecular weight excluding hydrogens is 270 g/mol. The normalized spacial score (nSPS) is 10.8. The second kappa shape index (κ2) is 6.39. The van der Waals surface area contributed by atoms with Gasteiger partial charge < -0.3 is 14.8 Å². The fourth-order valence-corrected chi connectivity index (χ4v) is 2.26. The number of nitrogens with one attached hydrogen (secondary N) is 1. The molecule has 0 saturated carbocycles. The first-order valence-corrected chi connectivity index (χ1v) is 6.90. The van der Waals surface area contributed by atoms with Crippen molar-refractivity contribution in [3.63, 3.8) is 0 Å². The topological polar surface area (TPSA) is 83.7 Å². The van der Waals surface area contributed by atoms with Crippen LogP contribution in [0.4, 0.5) is 0 Å². The van der Waals surface area contributed by atoms with Gasteiger partial charge in [-0.25, -0.2) is 4.98 Å². The van der Waals surface area contributed by atoms with E-state index in [2.05, 4.69) is 10.3 Å². The minimum absolute atomic E-state index is 0.0636. The number of carboxylic acids is 1. The lowest BCUT2D eigenvalue weighted by Crippen LogP contribution is -2.27. The van der Waals surface area contributed by atoms with Crippen LogP contribution in [0.5, 0.6) is 0 Å². The first kappa shape index (κ1) is 15.0. The lowest BCUT2D eigenvalue weighted by molar-refractivity contribution is -0.137. The zero-order valence-electron chi connectivity index (χ0n) is 12.2. The SMILES string of the molecule is Cc1nc2c(C)cccn2c1CC(=O)NCCCC(=O)O. The number of amides is 1. The van der Waals surface area contributed by atoms with E-state index in [-0.39, 0.29) is 18.7 Å². The number of hydrogen-bond donors (Lipinski definition) is 2. The number of aromatic nitrogens is 2. The molecule has 0 saturated heterocycles. The highest BCUT2D eigenvalue weighted by Crippen LogP contribution is 2.15. The maximum absolute atomic E-state index is 11.9. The van der Waals surface area contributed by atoms with Gasteiger partial charge in [0.1, 0.15) is 5.65 Å². The molecule has 2 aromatic heterocycles. The Morgan fingerprint density at radius 1 is 1.38 bits per heavy atom. The average molecular weight is 289 g/mol. The number of hydrogen-bond acceptors (Lipinski definition) is 3. The van der Waals surface area contributed by atoms with Crippen LogP contribution in [0, 0.1) is 13.8 Å². The lowest BCUT2D eigenvalue weighted by Gasteiger charge is -2.06. The number of nitrogens with zero attached hydrogens (tertiary/aromatic N) is 2. The molecule has 0 fully saturated rings. The number of pyridine rings is 1. The Labute approximate surface area is 122 Å². The zero-order valence-corrected chi connectivity index (χ0v) is 12.2. The number of aryl methyl sites for hydroxylation is 2. The standard InChI is InChI=1S/C15H19N3O3/c1-10-5-4-8-18-12(11(2)17-15(10)18)9-13(19)16-7-3-6-14(20)21/h4-5,8H,3,6-7,9H2,1-2H3,(H,16,19)(H,20,21). The van der Waals surface area contributed by atoms with E-state index >= 15 is 0 Å². The zero-order chi connectivity index (χ0) is 15.4. The molecule has 0 bridgehead atoms. The summed E-state index contributed by atoms with van der Waals surface area (Å²) in [7, 11) is 0. The van der Waals surface area contributed by atoms with Gasteiger partial charge in [0.15, 0.2) is 0 Å². The van der Waals surface area contributed by atoms with Gasteiger partial charge in [0, 0.05) is 19.2 Å². The van der Waals surface area contributed by atoms with Crippen LogP contribution in [-0.4, -0.2) is 32.9 Å². The molecule has 0 unspecified atom stereocenters. The molecule has 0 radical (unpaired) electrons. The summed E-state index contributed by atoms with van der Waals surface area (Å²) in [4.78, 5) is 26.8. The minimum Gasteiger partial charge on any atom is -0.481 e. The van der Waals surface area contributed by atoms with Crippen molar-refractivity contribution in [3.05, 3.63) is 35.3 Å². The summed E-state index contributed by atoms with van der Waals surface area (Å²) in [6.45, 7) is 4.25. The van der Waals surface area contributed by atoms with Crippen LogP contribution in [-0.2, 0) is 16.0 Å². The Bertz CT molecular complexity index is 676. The van der Waals surface area contributed by atoms with Crippen LogP contribution in [0.15, 0.2) is 18.3 Å². The van der Waals surface area contributed by atoms with Gasteiger partial charge in [0.05, 0.1) is 17.8 Å². The molecular formula is C15H19N3O3. The number of rotatable bonds is 6. The van der Waals surface area contributed by atoms with E-state index in [1.807, 2.05) is 36.6 Å². The van der Waals surface area contributed by atoms with Crippen molar-refractivity contribution in [1.82, 2.24) is 14.7 Å². The largest absolute Gasteiger partial charge is 0.481 e. The maximum Gasteiger partial charge on any atom is 0.303 e. The summed E-state index contributed by atoms with van der Waals surface area (Å²) >= 11 is 0. The van der Waals surface area contributed by atoms with Crippen molar-refractivity contribution in [1.29, 1.82) is 0 Å². The van der Waals surface area contributed by atoms with Crippen LogP contribution in [0.1, 0.15) is 29.8 Å². The molecule has 2 rings (SSSR count). The number of carbonyl (C=O) groups is 2.